The molecule has 1 aliphatic heterocycles. The zero-order valence-corrected chi connectivity index (χ0v) is 9.35. The highest BCUT2D eigenvalue weighted by atomic mass is 35.5. The lowest BCUT2D eigenvalue weighted by molar-refractivity contribution is -0.150. The van der Waals surface area contributed by atoms with Crippen molar-refractivity contribution in [3.63, 3.8) is 0 Å². The van der Waals surface area contributed by atoms with Crippen molar-refractivity contribution < 1.29 is 14.6 Å². The summed E-state index contributed by atoms with van der Waals surface area (Å²) < 4.78 is 5.15. The van der Waals surface area contributed by atoms with Gasteiger partial charge in [0.05, 0.1) is 13.2 Å². The molecular weight excluding hydrogens is 230 g/mol. The summed E-state index contributed by atoms with van der Waals surface area (Å²) in [6, 6.07) is 7.35. The number of anilines is 1. The maximum absolute atomic E-state index is 10.8. The summed E-state index contributed by atoms with van der Waals surface area (Å²) in [4.78, 5) is 12.8. The Bertz CT molecular complexity index is 379. The molecule has 0 aromatic heterocycles. The normalized spacial score (nSPS) is 20.8. The fourth-order valence-corrected chi connectivity index (χ4v) is 1.81. The molecule has 86 valence electrons. The predicted molar refractivity (Wildman–Crippen MR) is 61.0 cm³/mol. The van der Waals surface area contributed by atoms with Gasteiger partial charge >= 0.3 is 5.97 Å². The van der Waals surface area contributed by atoms with E-state index in [-0.39, 0.29) is 0 Å². The Labute approximate surface area is 98.4 Å². The average Bonchev–Trinajstić information content (AvgIpc) is 2.30. The SMILES string of the molecule is O=C(O)C1CN(c2ccc(Cl)cc2)CCO1. The molecule has 0 saturated carbocycles. The van der Waals surface area contributed by atoms with E-state index in [1.807, 2.05) is 17.0 Å². The number of nitrogens with zero attached hydrogens (tertiary/aromatic N) is 1. The van der Waals surface area contributed by atoms with Gasteiger partial charge in [-0.15, -0.1) is 0 Å². The first-order valence-corrected chi connectivity index (χ1v) is 5.39. The van der Waals surface area contributed by atoms with Crippen LogP contribution in [0.15, 0.2) is 24.3 Å². The minimum Gasteiger partial charge on any atom is -0.479 e. The van der Waals surface area contributed by atoms with Gasteiger partial charge in [0.25, 0.3) is 0 Å². The maximum Gasteiger partial charge on any atom is 0.334 e. The number of hydrogen-bond donors (Lipinski definition) is 1. The second kappa shape index (κ2) is 4.72. The third-order valence-corrected chi connectivity index (χ3v) is 2.79. The van der Waals surface area contributed by atoms with E-state index in [9.17, 15) is 4.79 Å². The van der Waals surface area contributed by atoms with E-state index in [1.54, 1.807) is 12.1 Å². The predicted octanol–water partition coefficient (Wildman–Crippen LogP) is 1.63. The van der Waals surface area contributed by atoms with Gasteiger partial charge in [0.15, 0.2) is 6.10 Å². The number of carboxylic acid groups (broad SMARTS) is 1. The Hall–Kier alpha value is -1.26. The number of morpholine rings is 1. The Balaban J connectivity index is 2.09. The van der Waals surface area contributed by atoms with Crippen molar-refractivity contribution in [1.29, 1.82) is 0 Å². The largest absolute Gasteiger partial charge is 0.479 e. The maximum atomic E-state index is 10.8. The van der Waals surface area contributed by atoms with Crippen LogP contribution in [0.2, 0.25) is 5.02 Å². The molecule has 1 heterocycles. The number of benzene rings is 1. The first kappa shape index (κ1) is 11.2. The summed E-state index contributed by atoms with van der Waals surface area (Å²) in [5.74, 6) is -0.918. The molecule has 0 aliphatic carbocycles. The molecule has 0 bridgehead atoms. The van der Waals surface area contributed by atoms with Gasteiger partial charge in [-0.1, -0.05) is 11.6 Å². The van der Waals surface area contributed by atoms with Crippen LogP contribution in [0.3, 0.4) is 0 Å². The summed E-state index contributed by atoms with van der Waals surface area (Å²) in [6.07, 6.45) is -0.746. The number of carbonyl (C=O) groups is 1. The molecule has 0 spiro atoms. The standard InChI is InChI=1S/C11H12ClNO3/c12-8-1-3-9(4-2-8)13-5-6-16-10(7-13)11(14)15/h1-4,10H,5-7H2,(H,14,15). The second-order valence-corrected chi connectivity index (χ2v) is 4.06. The first-order chi connectivity index (χ1) is 7.66. The van der Waals surface area contributed by atoms with Gasteiger partial charge in [-0.25, -0.2) is 4.79 Å². The van der Waals surface area contributed by atoms with E-state index in [1.165, 1.54) is 0 Å². The third-order valence-electron chi connectivity index (χ3n) is 2.53. The van der Waals surface area contributed by atoms with Crippen LogP contribution in [0.1, 0.15) is 0 Å². The van der Waals surface area contributed by atoms with Crippen molar-refractivity contribution in [2.75, 3.05) is 24.6 Å². The van der Waals surface area contributed by atoms with Crippen molar-refractivity contribution >= 4 is 23.3 Å². The fraction of sp³-hybridized carbons (Fsp3) is 0.364. The summed E-state index contributed by atoms with van der Waals surface area (Å²) in [5.41, 5.74) is 0.971. The molecular formula is C11H12ClNO3. The molecule has 1 aliphatic rings. The van der Waals surface area contributed by atoms with Gasteiger partial charge in [-0.3, -0.25) is 0 Å². The molecule has 4 nitrogen and oxygen atoms in total. The van der Waals surface area contributed by atoms with Gasteiger partial charge < -0.3 is 14.7 Å². The van der Waals surface area contributed by atoms with Crippen LogP contribution in [0.4, 0.5) is 5.69 Å². The second-order valence-electron chi connectivity index (χ2n) is 3.62. The molecule has 1 aromatic rings. The lowest BCUT2D eigenvalue weighted by Crippen LogP contribution is -2.46. The average molecular weight is 242 g/mol. The third kappa shape index (κ3) is 2.46. The van der Waals surface area contributed by atoms with E-state index < -0.39 is 12.1 Å². The van der Waals surface area contributed by atoms with E-state index in [0.717, 1.165) is 5.69 Å². The molecule has 1 saturated heterocycles. The molecule has 0 amide bonds. The van der Waals surface area contributed by atoms with Gasteiger partial charge in [-0.05, 0) is 24.3 Å². The van der Waals surface area contributed by atoms with Crippen LogP contribution < -0.4 is 4.90 Å². The lowest BCUT2D eigenvalue weighted by Gasteiger charge is -2.32. The van der Waals surface area contributed by atoms with Crippen LogP contribution in [-0.2, 0) is 9.53 Å². The van der Waals surface area contributed by atoms with Crippen molar-refractivity contribution in [1.82, 2.24) is 0 Å². The van der Waals surface area contributed by atoms with E-state index in [2.05, 4.69) is 0 Å². The highest BCUT2D eigenvalue weighted by Gasteiger charge is 2.26. The van der Waals surface area contributed by atoms with Gasteiger partial charge in [-0.2, -0.15) is 0 Å². The van der Waals surface area contributed by atoms with Crippen molar-refractivity contribution in [2.24, 2.45) is 0 Å². The summed E-state index contributed by atoms with van der Waals surface area (Å²) in [7, 11) is 0. The van der Waals surface area contributed by atoms with Crippen LogP contribution >= 0.6 is 11.6 Å². The van der Waals surface area contributed by atoms with Gasteiger partial charge in [0.2, 0.25) is 0 Å². The Morgan fingerprint density at radius 1 is 1.44 bits per heavy atom. The molecule has 1 N–H and O–H groups in total. The molecule has 1 atom stereocenters. The molecule has 5 heteroatoms. The topological polar surface area (TPSA) is 49.8 Å². The highest BCUT2D eigenvalue weighted by molar-refractivity contribution is 6.30. The lowest BCUT2D eigenvalue weighted by atomic mass is 10.2. The number of carboxylic acids is 1. The number of hydrogen-bond acceptors (Lipinski definition) is 3. The smallest absolute Gasteiger partial charge is 0.334 e. The van der Waals surface area contributed by atoms with Gasteiger partial charge in [0, 0.05) is 17.3 Å². The van der Waals surface area contributed by atoms with Crippen LogP contribution in [-0.4, -0.2) is 36.9 Å². The number of ether oxygens (including phenoxy) is 1. The number of aliphatic carboxylic acids is 1. The quantitative estimate of drug-likeness (QED) is 0.855. The molecule has 1 fully saturated rings. The number of halogens is 1. The Kier molecular flexibility index (Phi) is 3.31. The fourth-order valence-electron chi connectivity index (χ4n) is 1.69. The van der Waals surface area contributed by atoms with Crippen LogP contribution in [0, 0.1) is 0 Å². The summed E-state index contributed by atoms with van der Waals surface area (Å²) in [5, 5.41) is 9.55. The zero-order chi connectivity index (χ0) is 11.5. The van der Waals surface area contributed by atoms with Crippen molar-refractivity contribution in [3.05, 3.63) is 29.3 Å². The molecule has 1 aromatic carbocycles. The summed E-state index contributed by atoms with van der Waals surface area (Å²) >= 11 is 5.79. The van der Waals surface area contributed by atoms with E-state index in [4.69, 9.17) is 21.4 Å². The summed E-state index contributed by atoms with van der Waals surface area (Å²) in [6.45, 7) is 1.50. The van der Waals surface area contributed by atoms with Crippen LogP contribution in [0.5, 0.6) is 0 Å². The highest BCUT2D eigenvalue weighted by Crippen LogP contribution is 2.20. The number of rotatable bonds is 2. The van der Waals surface area contributed by atoms with Gasteiger partial charge in [0.1, 0.15) is 0 Å². The minimum atomic E-state index is -0.918. The monoisotopic (exact) mass is 241 g/mol. The molecule has 0 radical (unpaired) electrons. The van der Waals surface area contributed by atoms with E-state index >= 15 is 0 Å². The van der Waals surface area contributed by atoms with Crippen LogP contribution in [0.25, 0.3) is 0 Å². The molecule has 16 heavy (non-hydrogen) atoms. The Morgan fingerprint density at radius 2 is 2.12 bits per heavy atom. The molecule has 2 rings (SSSR count). The Morgan fingerprint density at radius 3 is 2.75 bits per heavy atom. The van der Waals surface area contributed by atoms with Crippen molar-refractivity contribution in [2.45, 2.75) is 6.10 Å². The zero-order valence-electron chi connectivity index (χ0n) is 8.60. The van der Waals surface area contributed by atoms with E-state index in [0.29, 0.717) is 24.7 Å². The minimum absolute atomic E-state index is 0.372. The molecule has 1 unspecified atom stereocenters. The van der Waals surface area contributed by atoms with Crippen molar-refractivity contribution in [3.8, 4) is 0 Å². The first-order valence-electron chi connectivity index (χ1n) is 5.02.